The molecular formula is C21H17F3O2S. The molecule has 0 aliphatic carbocycles. The Labute approximate surface area is 157 Å². The predicted octanol–water partition coefficient (Wildman–Crippen LogP) is 6.30. The Hall–Kier alpha value is -2.73. The van der Waals surface area contributed by atoms with Gasteiger partial charge in [0.15, 0.2) is 0 Å². The van der Waals surface area contributed by atoms with Crippen LogP contribution in [0.4, 0.5) is 13.2 Å². The molecule has 0 atom stereocenters. The van der Waals surface area contributed by atoms with Gasteiger partial charge in [-0.1, -0.05) is 54.1 Å². The van der Waals surface area contributed by atoms with Gasteiger partial charge >= 0.3 is 12.1 Å². The molecule has 0 aromatic heterocycles. The Kier molecular flexibility index (Phi) is 5.28. The first-order chi connectivity index (χ1) is 12.8. The normalized spacial score (nSPS) is 12.4. The fraction of sp³-hybridized carbons (Fsp3) is 0.0952. The van der Waals surface area contributed by atoms with Crippen LogP contribution in [0.5, 0.6) is 0 Å². The summed E-state index contributed by atoms with van der Waals surface area (Å²) in [6.07, 6.45) is -5.09. The van der Waals surface area contributed by atoms with E-state index < -0.39 is 22.5 Å². The van der Waals surface area contributed by atoms with Crippen molar-refractivity contribution in [3.05, 3.63) is 90.5 Å². The van der Waals surface area contributed by atoms with Gasteiger partial charge in [0.2, 0.25) is 0 Å². The number of alkyl halides is 3. The fourth-order valence-electron chi connectivity index (χ4n) is 2.67. The van der Waals surface area contributed by atoms with Crippen LogP contribution in [0.2, 0.25) is 0 Å². The highest BCUT2D eigenvalue weighted by molar-refractivity contribution is 8.30. The second kappa shape index (κ2) is 7.48. The molecule has 0 amide bonds. The van der Waals surface area contributed by atoms with Gasteiger partial charge in [0.05, 0.1) is 0 Å². The van der Waals surface area contributed by atoms with Crippen molar-refractivity contribution >= 4 is 16.3 Å². The van der Waals surface area contributed by atoms with Crippen LogP contribution in [0.1, 0.15) is 5.56 Å². The molecule has 0 fully saturated rings. The summed E-state index contributed by atoms with van der Waals surface area (Å²) < 4.78 is 44.7. The van der Waals surface area contributed by atoms with Crippen LogP contribution in [-0.2, 0) is 8.98 Å². The third-order valence-electron chi connectivity index (χ3n) is 3.94. The van der Waals surface area contributed by atoms with Crippen LogP contribution in [0.25, 0.3) is 0 Å². The largest absolute Gasteiger partial charge is 0.491 e. The zero-order chi connectivity index (χ0) is 19.5. The number of hydrogen-bond donors (Lipinski definition) is 0. The molecule has 0 aliphatic heterocycles. The summed E-state index contributed by atoms with van der Waals surface area (Å²) in [6, 6.07) is 24.2. The number of hydrogen-bond acceptors (Lipinski definition) is 2. The molecule has 3 rings (SSSR count). The van der Waals surface area contributed by atoms with E-state index in [0.29, 0.717) is 14.7 Å². The minimum Gasteiger partial charge on any atom is -0.395 e. The highest BCUT2D eigenvalue weighted by atomic mass is 32.3. The van der Waals surface area contributed by atoms with Gasteiger partial charge < -0.3 is 4.18 Å². The molecule has 0 spiro atoms. The molecular weight excluding hydrogens is 373 g/mol. The number of rotatable bonds is 4. The van der Waals surface area contributed by atoms with Gasteiger partial charge in [-0.15, -0.1) is 0 Å². The Morgan fingerprint density at radius 3 is 1.56 bits per heavy atom. The van der Waals surface area contributed by atoms with Gasteiger partial charge in [0.25, 0.3) is 0 Å². The first kappa shape index (κ1) is 19.0. The molecule has 0 unspecified atom stereocenters. The standard InChI is InChI=1S/C21H17F3O2S/c1-16-12-14-19(15-13-16)27(17-8-4-2-5-9-17,18-10-6-3-7-11-18)26-20(25)21(22,23)24/h2-15H,1H3. The van der Waals surface area contributed by atoms with Crippen LogP contribution in [0, 0.1) is 6.92 Å². The SMILES string of the molecule is Cc1ccc(S(OC(=O)C(F)(F)F)(c2ccccc2)c2ccccc2)cc1. The molecule has 3 aromatic carbocycles. The lowest BCUT2D eigenvalue weighted by atomic mass is 10.2. The number of carbonyl (C=O) groups excluding carboxylic acids is 1. The Bertz CT molecular complexity index is 868. The van der Waals surface area contributed by atoms with Crippen molar-refractivity contribution in [3.63, 3.8) is 0 Å². The van der Waals surface area contributed by atoms with Gasteiger partial charge in [-0.2, -0.15) is 13.2 Å². The molecule has 0 saturated carbocycles. The monoisotopic (exact) mass is 390 g/mol. The van der Waals surface area contributed by atoms with E-state index in [-0.39, 0.29) is 0 Å². The van der Waals surface area contributed by atoms with Crippen molar-refractivity contribution < 1.29 is 22.1 Å². The van der Waals surface area contributed by atoms with Crippen molar-refractivity contribution in [3.8, 4) is 0 Å². The summed E-state index contributed by atoms with van der Waals surface area (Å²) in [5, 5.41) is 0. The van der Waals surface area contributed by atoms with Crippen LogP contribution in [0.3, 0.4) is 0 Å². The second-order valence-electron chi connectivity index (χ2n) is 5.86. The smallest absolute Gasteiger partial charge is 0.395 e. The van der Waals surface area contributed by atoms with E-state index in [0.717, 1.165) is 5.56 Å². The molecule has 6 heteroatoms. The van der Waals surface area contributed by atoms with Crippen LogP contribution >= 0.6 is 10.3 Å². The zero-order valence-corrected chi connectivity index (χ0v) is 15.3. The summed E-state index contributed by atoms with van der Waals surface area (Å²) in [4.78, 5) is 13.5. The fourth-order valence-corrected chi connectivity index (χ4v) is 5.69. The van der Waals surface area contributed by atoms with Crippen LogP contribution in [0.15, 0.2) is 99.6 Å². The average molecular weight is 390 g/mol. The maximum atomic E-state index is 13.1. The van der Waals surface area contributed by atoms with Crippen molar-refractivity contribution in [2.24, 2.45) is 0 Å². The lowest BCUT2D eigenvalue weighted by molar-refractivity contribution is -0.188. The van der Waals surface area contributed by atoms with Gasteiger partial charge in [-0.05, 0) is 53.6 Å². The summed E-state index contributed by atoms with van der Waals surface area (Å²) in [5.41, 5.74) is 0.954. The molecule has 0 saturated heterocycles. The number of halogens is 3. The first-order valence-corrected chi connectivity index (χ1v) is 9.71. The molecule has 0 N–H and O–H groups in total. The summed E-state index contributed by atoms with van der Waals surface area (Å²) in [6.45, 7) is 1.88. The maximum absolute atomic E-state index is 13.1. The number of benzene rings is 3. The minimum absolute atomic E-state index is 0.512. The van der Waals surface area contributed by atoms with Crippen molar-refractivity contribution in [1.82, 2.24) is 0 Å². The van der Waals surface area contributed by atoms with Crippen molar-refractivity contribution in [1.29, 1.82) is 0 Å². The molecule has 0 radical (unpaired) electrons. The number of carbonyl (C=O) groups is 1. The summed E-state index contributed by atoms with van der Waals surface area (Å²) in [7, 11) is -2.90. The predicted molar refractivity (Wildman–Crippen MR) is 98.6 cm³/mol. The summed E-state index contributed by atoms with van der Waals surface area (Å²) in [5.74, 6) is -2.20. The molecule has 27 heavy (non-hydrogen) atoms. The van der Waals surface area contributed by atoms with Crippen molar-refractivity contribution in [2.75, 3.05) is 0 Å². The van der Waals surface area contributed by atoms with E-state index in [1.165, 1.54) is 0 Å². The lowest BCUT2D eigenvalue weighted by Gasteiger charge is -2.39. The molecule has 3 aromatic rings. The van der Waals surface area contributed by atoms with E-state index >= 15 is 0 Å². The third-order valence-corrected chi connectivity index (χ3v) is 7.14. The minimum atomic E-state index is -5.09. The lowest BCUT2D eigenvalue weighted by Crippen LogP contribution is -2.27. The summed E-state index contributed by atoms with van der Waals surface area (Å²) >= 11 is 0. The molecule has 0 bridgehead atoms. The number of aryl methyl sites for hydroxylation is 1. The van der Waals surface area contributed by atoms with Gasteiger partial charge in [-0.25, -0.2) is 4.79 Å². The highest BCUT2D eigenvalue weighted by Crippen LogP contribution is 2.69. The Balaban J connectivity index is 2.31. The van der Waals surface area contributed by atoms with E-state index in [9.17, 15) is 18.0 Å². The molecule has 0 aliphatic rings. The van der Waals surface area contributed by atoms with Crippen LogP contribution < -0.4 is 0 Å². The zero-order valence-electron chi connectivity index (χ0n) is 14.4. The molecule has 2 nitrogen and oxygen atoms in total. The van der Waals surface area contributed by atoms with E-state index in [2.05, 4.69) is 0 Å². The topological polar surface area (TPSA) is 26.3 Å². The van der Waals surface area contributed by atoms with E-state index in [1.54, 1.807) is 84.9 Å². The second-order valence-corrected chi connectivity index (χ2v) is 8.56. The molecule has 140 valence electrons. The molecule has 0 heterocycles. The Morgan fingerprint density at radius 1 is 0.741 bits per heavy atom. The Morgan fingerprint density at radius 2 is 1.15 bits per heavy atom. The third kappa shape index (κ3) is 3.85. The van der Waals surface area contributed by atoms with Crippen LogP contribution in [-0.4, -0.2) is 12.1 Å². The van der Waals surface area contributed by atoms with E-state index in [1.807, 2.05) is 6.92 Å². The average Bonchev–Trinajstić information content (AvgIpc) is 2.67. The van der Waals surface area contributed by atoms with Gasteiger partial charge in [0, 0.05) is 14.7 Å². The highest BCUT2D eigenvalue weighted by Gasteiger charge is 2.47. The quantitative estimate of drug-likeness (QED) is 0.523. The first-order valence-electron chi connectivity index (χ1n) is 8.15. The van der Waals surface area contributed by atoms with E-state index in [4.69, 9.17) is 4.18 Å². The van der Waals surface area contributed by atoms with Crippen molar-refractivity contribution in [2.45, 2.75) is 27.8 Å². The van der Waals surface area contributed by atoms with Gasteiger partial charge in [0.1, 0.15) is 0 Å². The van der Waals surface area contributed by atoms with Gasteiger partial charge in [-0.3, -0.25) is 0 Å². The maximum Gasteiger partial charge on any atom is 0.491 e.